The van der Waals surface area contributed by atoms with Crippen molar-refractivity contribution in [3.8, 4) is 22.6 Å². The molecule has 0 aliphatic carbocycles. The normalized spacial score (nSPS) is 11.0. The van der Waals surface area contributed by atoms with Crippen LogP contribution in [-0.4, -0.2) is 35.5 Å². The second-order valence-electron chi connectivity index (χ2n) is 7.32. The number of anilines is 1. The lowest BCUT2D eigenvalue weighted by Gasteiger charge is -2.08. The van der Waals surface area contributed by atoms with E-state index in [0.717, 1.165) is 34.0 Å². The minimum atomic E-state index is -0.487. The summed E-state index contributed by atoms with van der Waals surface area (Å²) in [7, 11) is 0. The van der Waals surface area contributed by atoms with E-state index in [0.29, 0.717) is 23.6 Å². The quantitative estimate of drug-likeness (QED) is 0.384. The van der Waals surface area contributed by atoms with Gasteiger partial charge in [-0.2, -0.15) is 5.10 Å². The highest BCUT2D eigenvalue weighted by molar-refractivity contribution is 5.98. The zero-order valence-corrected chi connectivity index (χ0v) is 17.3. The van der Waals surface area contributed by atoms with Gasteiger partial charge in [-0.1, -0.05) is 18.2 Å². The average molecular weight is 424 g/mol. The number of aryl methyl sites for hydroxylation is 1. The number of carbonyl (C=O) groups is 1. The number of rotatable bonds is 6. The van der Waals surface area contributed by atoms with Crippen LogP contribution in [0.3, 0.4) is 0 Å². The third-order valence-electron chi connectivity index (χ3n) is 5.08. The van der Waals surface area contributed by atoms with Crippen molar-refractivity contribution in [1.82, 2.24) is 29.5 Å². The number of hydrogen-bond acceptors (Lipinski definition) is 6. The molecule has 32 heavy (non-hydrogen) atoms. The highest BCUT2D eigenvalue weighted by Gasteiger charge is 2.17. The van der Waals surface area contributed by atoms with E-state index in [1.54, 1.807) is 16.6 Å². The van der Waals surface area contributed by atoms with Crippen LogP contribution in [0.15, 0.2) is 67.1 Å². The largest absolute Gasteiger partial charge is 0.377 e. The van der Waals surface area contributed by atoms with Crippen LogP contribution in [0.4, 0.5) is 5.69 Å². The van der Waals surface area contributed by atoms with Crippen molar-refractivity contribution in [3.63, 3.8) is 0 Å². The summed E-state index contributed by atoms with van der Waals surface area (Å²) in [4.78, 5) is 28.8. The molecule has 0 atom stereocenters. The van der Waals surface area contributed by atoms with Crippen LogP contribution in [0.5, 0.6) is 0 Å². The predicted octanol–water partition coefficient (Wildman–Crippen LogP) is 3.20. The maximum atomic E-state index is 11.7. The molecule has 9 heteroatoms. The summed E-state index contributed by atoms with van der Waals surface area (Å²) >= 11 is 0. The number of aromatic nitrogens is 6. The first kappa shape index (κ1) is 19.4. The predicted molar refractivity (Wildman–Crippen MR) is 121 cm³/mol. The molecule has 1 amide bonds. The third kappa shape index (κ3) is 3.67. The number of fused-ring (bicyclic) bond motifs is 1. The lowest BCUT2D eigenvalue weighted by atomic mass is 10.1. The summed E-state index contributed by atoms with van der Waals surface area (Å²) in [6.07, 6.45) is 3.40. The van der Waals surface area contributed by atoms with Crippen molar-refractivity contribution < 1.29 is 4.79 Å². The molecule has 5 aromatic rings. The number of primary amides is 1. The number of hydrogen-bond donors (Lipinski definition) is 3. The lowest BCUT2D eigenvalue weighted by molar-refractivity contribution is 0.100. The van der Waals surface area contributed by atoms with E-state index in [-0.39, 0.29) is 0 Å². The van der Waals surface area contributed by atoms with E-state index in [4.69, 9.17) is 10.7 Å². The second-order valence-corrected chi connectivity index (χ2v) is 7.32. The molecule has 0 aliphatic heterocycles. The number of nitrogens with one attached hydrogen (secondary N) is 2. The van der Waals surface area contributed by atoms with E-state index in [1.807, 2.05) is 55.6 Å². The van der Waals surface area contributed by atoms with Crippen molar-refractivity contribution in [2.75, 3.05) is 5.32 Å². The van der Waals surface area contributed by atoms with Gasteiger partial charge in [0.05, 0.1) is 29.2 Å². The van der Waals surface area contributed by atoms with Gasteiger partial charge in [-0.3, -0.25) is 9.78 Å². The van der Waals surface area contributed by atoms with Crippen molar-refractivity contribution >= 4 is 17.2 Å². The summed E-state index contributed by atoms with van der Waals surface area (Å²) in [5.74, 6) is 0.204. The number of carbonyl (C=O) groups excluding carboxylic acids is 1. The minimum absolute atomic E-state index is 0.370. The number of amides is 1. The zero-order valence-electron chi connectivity index (χ0n) is 17.3. The van der Waals surface area contributed by atoms with E-state index in [9.17, 15) is 4.79 Å². The summed E-state index contributed by atoms with van der Waals surface area (Å²) in [5, 5.41) is 7.47. The van der Waals surface area contributed by atoms with Crippen LogP contribution >= 0.6 is 0 Å². The molecule has 4 N–H and O–H groups in total. The Labute approximate surface area is 183 Å². The van der Waals surface area contributed by atoms with Gasteiger partial charge in [-0.05, 0) is 43.3 Å². The van der Waals surface area contributed by atoms with Crippen LogP contribution in [-0.2, 0) is 6.54 Å². The highest BCUT2D eigenvalue weighted by atomic mass is 16.1. The van der Waals surface area contributed by atoms with Crippen molar-refractivity contribution in [2.45, 2.75) is 13.5 Å². The van der Waals surface area contributed by atoms with Crippen LogP contribution in [0.2, 0.25) is 0 Å². The second kappa shape index (κ2) is 7.95. The summed E-state index contributed by atoms with van der Waals surface area (Å²) < 4.78 is 1.71. The number of nitrogens with zero attached hydrogens (tertiary/aromatic N) is 5. The third-order valence-corrected chi connectivity index (χ3v) is 5.08. The van der Waals surface area contributed by atoms with Gasteiger partial charge in [0.15, 0.2) is 5.65 Å². The Balaban J connectivity index is 1.54. The van der Waals surface area contributed by atoms with Gasteiger partial charge in [0.1, 0.15) is 12.2 Å². The fourth-order valence-corrected chi connectivity index (χ4v) is 3.57. The molecule has 0 saturated heterocycles. The Kier molecular flexibility index (Phi) is 4.83. The molecule has 9 nitrogen and oxygen atoms in total. The molecular weight excluding hydrogens is 404 g/mol. The van der Waals surface area contributed by atoms with Crippen molar-refractivity contribution in [2.24, 2.45) is 5.73 Å². The highest BCUT2D eigenvalue weighted by Crippen LogP contribution is 2.29. The van der Waals surface area contributed by atoms with Gasteiger partial charge in [-0.15, -0.1) is 0 Å². The van der Waals surface area contributed by atoms with E-state index < -0.39 is 5.91 Å². The van der Waals surface area contributed by atoms with E-state index in [1.165, 1.54) is 6.33 Å². The van der Waals surface area contributed by atoms with Crippen LogP contribution in [0.1, 0.15) is 21.9 Å². The number of pyridine rings is 2. The maximum Gasteiger partial charge on any atom is 0.250 e. The number of benzene rings is 1. The van der Waals surface area contributed by atoms with Crippen LogP contribution in [0.25, 0.3) is 28.3 Å². The van der Waals surface area contributed by atoms with Gasteiger partial charge < -0.3 is 16.0 Å². The molecule has 0 aliphatic rings. The summed E-state index contributed by atoms with van der Waals surface area (Å²) in [5.41, 5.74) is 11.4. The Morgan fingerprint density at radius 3 is 2.81 bits per heavy atom. The summed E-state index contributed by atoms with van der Waals surface area (Å²) in [6.45, 7) is 2.32. The van der Waals surface area contributed by atoms with Gasteiger partial charge >= 0.3 is 0 Å². The molecule has 1 aromatic carbocycles. The number of imidazole rings is 1. The van der Waals surface area contributed by atoms with Gasteiger partial charge in [-0.25, -0.2) is 14.5 Å². The topological polar surface area (TPSA) is 127 Å². The van der Waals surface area contributed by atoms with Crippen molar-refractivity contribution in [1.29, 1.82) is 0 Å². The lowest BCUT2D eigenvalue weighted by Crippen LogP contribution is -2.14. The Morgan fingerprint density at radius 2 is 1.97 bits per heavy atom. The number of nitrogens with two attached hydrogens (primary N) is 1. The zero-order chi connectivity index (χ0) is 22.1. The fourth-order valence-electron chi connectivity index (χ4n) is 3.57. The Hall–Kier alpha value is -4.53. The maximum absolute atomic E-state index is 11.7. The molecule has 0 spiro atoms. The van der Waals surface area contributed by atoms with Gasteiger partial charge in [0.25, 0.3) is 5.91 Å². The molecule has 5 rings (SSSR count). The SMILES string of the molecule is Cc1cccc(-c2[nH]c(CNc3ccccc3C(N)=O)nc2-c2ccc3ncnn3c2)n1. The molecule has 0 bridgehead atoms. The molecule has 0 radical (unpaired) electrons. The molecule has 0 unspecified atom stereocenters. The first-order valence-corrected chi connectivity index (χ1v) is 10.0. The standard InChI is InChI=1S/C23H20N8O/c1-14-5-4-8-18(28-14)22-21(15-9-10-20-26-13-27-31(20)12-15)29-19(30-22)11-25-17-7-3-2-6-16(17)23(24)32/h2-10,12-13,25H,11H2,1H3,(H2,24,32)(H,29,30). The number of H-pyrrole nitrogens is 1. The van der Waals surface area contributed by atoms with Gasteiger partial charge in [0, 0.05) is 23.1 Å². The molecule has 0 saturated carbocycles. The van der Waals surface area contributed by atoms with Gasteiger partial charge in [0.2, 0.25) is 0 Å². The smallest absolute Gasteiger partial charge is 0.250 e. The number of aromatic amines is 1. The van der Waals surface area contributed by atoms with E-state index >= 15 is 0 Å². The first-order valence-electron chi connectivity index (χ1n) is 10.0. The summed E-state index contributed by atoms with van der Waals surface area (Å²) in [6, 6.07) is 16.8. The average Bonchev–Trinajstić information content (AvgIpc) is 3.44. The van der Waals surface area contributed by atoms with Crippen molar-refractivity contribution in [3.05, 3.63) is 84.2 Å². The first-order chi connectivity index (χ1) is 15.6. The monoisotopic (exact) mass is 424 g/mol. The Morgan fingerprint density at radius 1 is 1.09 bits per heavy atom. The Bertz CT molecular complexity index is 1440. The van der Waals surface area contributed by atoms with Crippen LogP contribution in [0, 0.1) is 6.92 Å². The minimum Gasteiger partial charge on any atom is -0.377 e. The van der Waals surface area contributed by atoms with E-state index in [2.05, 4.69) is 25.4 Å². The molecule has 0 fully saturated rings. The molecule has 4 aromatic heterocycles. The molecular formula is C23H20N8O. The fraction of sp³-hybridized carbons (Fsp3) is 0.0870. The molecule has 158 valence electrons. The number of para-hydroxylation sites is 1. The van der Waals surface area contributed by atoms with Crippen LogP contribution < -0.4 is 11.1 Å². The molecule has 4 heterocycles.